The average molecular weight is 412 g/mol. The van der Waals surface area contributed by atoms with Crippen LogP contribution < -0.4 is 5.56 Å². The first-order chi connectivity index (χ1) is 13.8. The van der Waals surface area contributed by atoms with Gasteiger partial charge in [-0.15, -0.1) is 0 Å². The normalized spacial score (nSPS) is 15.6. The lowest BCUT2D eigenvalue weighted by Gasteiger charge is -2.33. The summed E-state index contributed by atoms with van der Waals surface area (Å²) in [5.74, 6) is 0.291. The Kier molecular flexibility index (Phi) is 4.93. The molecule has 1 aliphatic rings. The predicted molar refractivity (Wildman–Crippen MR) is 110 cm³/mol. The van der Waals surface area contributed by atoms with Gasteiger partial charge >= 0.3 is 0 Å². The number of benzene rings is 2. The van der Waals surface area contributed by atoms with Crippen molar-refractivity contribution in [1.29, 1.82) is 0 Å². The van der Waals surface area contributed by atoms with Crippen LogP contribution in [0.25, 0.3) is 22.3 Å². The Morgan fingerprint density at radius 2 is 1.66 bits per heavy atom. The molecule has 3 aromatic rings. The molecule has 8 nitrogen and oxygen atoms in total. The molecule has 1 fully saturated rings. The van der Waals surface area contributed by atoms with Gasteiger partial charge in [0.05, 0.1) is 17.2 Å². The van der Waals surface area contributed by atoms with Gasteiger partial charge in [0.1, 0.15) is 5.82 Å². The summed E-state index contributed by atoms with van der Waals surface area (Å²) in [5.41, 5.74) is 1.60. The van der Waals surface area contributed by atoms with Crippen molar-refractivity contribution >= 4 is 26.8 Å². The van der Waals surface area contributed by atoms with Gasteiger partial charge in [-0.1, -0.05) is 24.3 Å². The number of carbonyl (C=O) groups is 1. The van der Waals surface area contributed by atoms with Gasteiger partial charge in [-0.2, -0.15) is 4.31 Å². The van der Waals surface area contributed by atoms with Gasteiger partial charge < -0.3 is 9.88 Å². The highest BCUT2D eigenvalue weighted by Crippen LogP contribution is 2.18. The zero-order valence-electron chi connectivity index (χ0n) is 15.8. The largest absolute Gasteiger partial charge is 0.336 e. The quantitative estimate of drug-likeness (QED) is 0.699. The third-order valence-electron chi connectivity index (χ3n) is 5.01. The maximum atomic E-state index is 12.7. The summed E-state index contributed by atoms with van der Waals surface area (Å²) in [6.45, 7) is 1.30. The molecule has 2 heterocycles. The Balaban J connectivity index is 1.53. The van der Waals surface area contributed by atoms with Crippen molar-refractivity contribution in [3.8, 4) is 11.4 Å². The Bertz CT molecular complexity index is 1230. The van der Waals surface area contributed by atoms with Crippen LogP contribution in [0.2, 0.25) is 0 Å². The minimum absolute atomic E-state index is 0.148. The molecule has 0 bridgehead atoms. The van der Waals surface area contributed by atoms with Crippen molar-refractivity contribution in [3.63, 3.8) is 0 Å². The van der Waals surface area contributed by atoms with E-state index in [1.54, 1.807) is 47.4 Å². The number of piperazine rings is 1. The lowest BCUT2D eigenvalue weighted by molar-refractivity contribution is 0.0698. The monoisotopic (exact) mass is 412 g/mol. The summed E-state index contributed by atoms with van der Waals surface area (Å²) >= 11 is 0. The number of aromatic nitrogens is 2. The van der Waals surface area contributed by atoms with Gasteiger partial charge in [0, 0.05) is 37.3 Å². The Morgan fingerprint density at radius 1 is 1.00 bits per heavy atom. The van der Waals surface area contributed by atoms with Crippen LogP contribution in [0.5, 0.6) is 0 Å². The number of amides is 1. The number of nitrogens with one attached hydrogen (secondary N) is 1. The molecule has 0 saturated carbocycles. The maximum absolute atomic E-state index is 12.7. The zero-order valence-corrected chi connectivity index (χ0v) is 16.6. The molecule has 0 spiro atoms. The molecule has 0 unspecified atom stereocenters. The van der Waals surface area contributed by atoms with Crippen molar-refractivity contribution in [1.82, 2.24) is 19.2 Å². The topological polar surface area (TPSA) is 103 Å². The third kappa shape index (κ3) is 3.92. The molecule has 9 heteroatoms. The maximum Gasteiger partial charge on any atom is 0.259 e. The number of aromatic amines is 1. The minimum Gasteiger partial charge on any atom is -0.336 e. The summed E-state index contributed by atoms with van der Waals surface area (Å²) in [6.07, 6.45) is 1.17. The average Bonchev–Trinajstić information content (AvgIpc) is 2.73. The third-order valence-corrected chi connectivity index (χ3v) is 6.32. The van der Waals surface area contributed by atoms with Gasteiger partial charge in [0.2, 0.25) is 10.0 Å². The van der Waals surface area contributed by atoms with E-state index >= 15 is 0 Å². The van der Waals surface area contributed by atoms with Crippen LogP contribution in [-0.4, -0.2) is 65.9 Å². The van der Waals surface area contributed by atoms with E-state index in [0.717, 1.165) is 0 Å². The van der Waals surface area contributed by atoms with E-state index in [1.807, 2.05) is 6.07 Å². The van der Waals surface area contributed by atoms with E-state index in [2.05, 4.69) is 9.97 Å². The molecule has 1 saturated heterocycles. The smallest absolute Gasteiger partial charge is 0.259 e. The van der Waals surface area contributed by atoms with Crippen LogP contribution in [-0.2, 0) is 10.0 Å². The fourth-order valence-corrected chi connectivity index (χ4v) is 4.23. The molecule has 2 aromatic carbocycles. The molecule has 1 N–H and O–H groups in total. The van der Waals surface area contributed by atoms with Gasteiger partial charge in [0.25, 0.3) is 11.5 Å². The molecule has 0 radical (unpaired) electrons. The van der Waals surface area contributed by atoms with Crippen LogP contribution in [0.4, 0.5) is 0 Å². The van der Waals surface area contributed by atoms with Gasteiger partial charge in [-0.05, 0) is 24.3 Å². The van der Waals surface area contributed by atoms with Crippen molar-refractivity contribution in [2.45, 2.75) is 0 Å². The predicted octanol–water partition coefficient (Wildman–Crippen LogP) is 1.31. The molecule has 29 heavy (non-hydrogen) atoms. The number of nitrogens with zero attached hydrogens (tertiary/aromatic N) is 3. The van der Waals surface area contributed by atoms with E-state index < -0.39 is 10.0 Å². The second kappa shape index (κ2) is 7.41. The second-order valence-electron chi connectivity index (χ2n) is 6.96. The van der Waals surface area contributed by atoms with Crippen LogP contribution >= 0.6 is 0 Å². The number of fused-ring (bicyclic) bond motifs is 1. The van der Waals surface area contributed by atoms with Crippen LogP contribution in [0, 0.1) is 0 Å². The Morgan fingerprint density at radius 3 is 2.31 bits per heavy atom. The molecular formula is C20H20N4O4S. The lowest BCUT2D eigenvalue weighted by Crippen LogP contribution is -2.50. The number of sulfonamides is 1. The molecular weight excluding hydrogens is 392 g/mol. The number of rotatable bonds is 3. The fraction of sp³-hybridized carbons (Fsp3) is 0.250. The zero-order chi connectivity index (χ0) is 20.6. The number of para-hydroxylation sites is 1. The van der Waals surface area contributed by atoms with E-state index in [1.165, 1.54) is 10.6 Å². The van der Waals surface area contributed by atoms with Crippen LogP contribution in [0.3, 0.4) is 0 Å². The van der Waals surface area contributed by atoms with Gasteiger partial charge in [-0.3, -0.25) is 9.59 Å². The first-order valence-electron chi connectivity index (χ1n) is 9.17. The molecule has 1 amide bonds. The number of H-pyrrole nitrogens is 1. The van der Waals surface area contributed by atoms with E-state index in [4.69, 9.17) is 0 Å². The molecule has 1 aromatic heterocycles. The first-order valence-corrected chi connectivity index (χ1v) is 11.0. The SMILES string of the molecule is CS(=O)(=O)N1CCN(C(=O)c2ccc(-c3nc4ccccc4c(=O)[nH]3)cc2)CC1. The van der Waals surface area contributed by atoms with Crippen molar-refractivity contribution in [2.75, 3.05) is 32.4 Å². The van der Waals surface area contributed by atoms with Crippen molar-refractivity contribution in [2.24, 2.45) is 0 Å². The fourth-order valence-electron chi connectivity index (χ4n) is 3.40. The van der Waals surface area contributed by atoms with Crippen molar-refractivity contribution < 1.29 is 13.2 Å². The Labute approximate surface area is 167 Å². The molecule has 1 aliphatic heterocycles. The first kappa shape index (κ1) is 19.3. The summed E-state index contributed by atoms with van der Waals surface area (Å²) in [6, 6.07) is 14.0. The Hall–Kier alpha value is -3.04. The molecule has 4 rings (SSSR count). The highest BCUT2D eigenvalue weighted by Gasteiger charge is 2.26. The highest BCUT2D eigenvalue weighted by molar-refractivity contribution is 7.88. The van der Waals surface area contributed by atoms with Crippen molar-refractivity contribution in [3.05, 3.63) is 64.4 Å². The molecule has 0 aliphatic carbocycles. The lowest BCUT2D eigenvalue weighted by atomic mass is 10.1. The molecule has 0 atom stereocenters. The number of carbonyl (C=O) groups excluding carboxylic acids is 1. The van der Waals surface area contributed by atoms with E-state index in [9.17, 15) is 18.0 Å². The van der Waals surface area contributed by atoms with E-state index in [0.29, 0.717) is 54.0 Å². The number of hydrogen-bond donors (Lipinski definition) is 1. The standard InChI is InChI=1S/C20H20N4O4S/c1-29(27,28)24-12-10-23(11-13-24)20(26)15-8-6-14(7-9-15)18-21-17-5-3-2-4-16(17)19(25)22-18/h2-9H,10-13H2,1H3,(H,21,22,25). The van der Waals surface area contributed by atoms with Crippen LogP contribution in [0.15, 0.2) is 53.3 Å². The number of hydrogen-bond acceptors (Lipinski definition) is 5. The van der Waals surface area contributed by atoms with Crippen LogP contribution in [0.1, 0.15) is 10.4 Å². The summed E-state index contributed by atoms with van der Waals surface area (Å²) in [7, 11) is -3.24. The van der Waals surface area contributed by atoms with E-state index in [-0.39, 0.29) is 11.5 Å². The van der Waals surface area contributed by atoms with Gasteiger partial charge in [0.15, 0.2) is 0 Å². The summed E-state index contributed by atoms with van der Waals surface area (Å²) in [5, 5.41) is 0.524. The summed E-state index contributed by atoms with van der Waals surface area (Å²) in [4.78, 5) is 33.9. The minimum atomic E-state index is -3.24. The van der Waals surface area contributed by atoms with Gasteiger partial charge in [-0.25, -0.2) is 13.4 Å². The summed E-state index contributed by atoms with van der Waals surface area (Å²) < 4.78 is 24.6. The second-order valence-corrected chi connectivity index (χ2v) is 8.95. The highest BCUT2D eigenvalue weighted by atomic mass is 32.2. The molecule has 150 valence electrons.